The fraction of sp³-hybridized carbons (Fsp3) is 0. The third-order valence-corrected chi connectivity index (χ3v) is 3.39. The summed E-state index contributed by atoms with van der Waals surface area (Å²) < 4.78 is 1.41. The van der Waals surface area contributed by atoms with Gasteiger partial charge < -0.3 is 5.32 Å². The number of nitrogens with zero attached hydrogens (tertiary/aromatic N) is 3. The van der Waals surface area contributed by atoms with Crippen molar-refractivity contribution in [3.05, 3.63) is 81.9 Å². The highest BCUT2D eigenvalue weighted by Gasteiger charge is 2.11. The van der Waals surface area contributed by atoms with E-state index in [0.717, 1.165) is 0 Å². The van der Waals surface area contributed by atoms with Crippen LogP contribution in [0.5, 0.6) is 0 Å². The maximum atomic E-state index is 12.6. The van der Waals surface area contributed by atoms with Crippen molar-refractivity contribution in [3.8, 4) is 11.8 Å². The van der Waals surface area contributed by atoms with Crippen molar-refractivity contribution in [1.29, 1.82) is 5.26 Å². The number of halogens is 1. The Labute approximate surface area is 137 Å². The van der Waals surface area contributed by atoms with Crippen molar-refractivity contribution < 1.29 is 0 Å². The highest BCUT2D eigenvalue weighted by atomic mass is 35.5. The molecule has 5 nitrogen and oxygen atoms in total. The fourth-order valence-electron chi connectivity index (χ4n) is 2.14. The molecule has 0 saturated carbocycles. The average Bonchev–Trinajstić information content (AvgIpc) is 2.59. The molecule has 1 heterocycles. The van der Waals surface area contributed by atoms with E-state index in [1.54, 1.807) is 36.4 Å². The van der Waals surface area contributed by atoms with Gasteiger partial charge in [0, 0.05) is 5.69 Å². The van der Waals surface area contributed by atoms with Gasteiger partial charge in [-0.05, 0) is 24.3 Å². The van der Waals surface area contributed by atoms with Gasteiger partial charge >= 0.3 is 0 Å². The first-order chi connectivity index (χ1) is 11.2. The summed E-state index contributed by atoms with van der Waals surface area (Å²) in [6.45, 7) is 0. The van der Waals surface area contributed by atoms with Gasteiger partial charge in [-0.3, -0.25) is 9.36 Å². The third-order valence-electron chi connectivity index (χ3n) is 3.21. The van der Waals surface area contributed by atoms with E-state index in [9.17, 15) is 4.79 Å². The summed E-state index contributed by atoms with van der Waals surface area (Å²) in [5.41, 5.74) is 1.24. The van der Waals surface area contributed by atoms with Crippen molar-refractivity contribution in [3.63, 3.8) is 0 Å². The molecule has 0 aliphatic heterocycles. The zero-order valence-corrected chi connectivity index (χ0v) is 12.7. The van der Waals surface area contributed by atoms with Crippen LogP contribution in [-0.4, -0.2) is 9.55 Å². The molecule has 2 aromatic carbocycles. The molecule has 0 atom stereocenters. The van der Waals surface area contributed by atoms with Crippen molar-refractivity contribution in [2.75, 3.05) is 5.32 Å². The molecule has 0 unspecified atom stereocenters. The summed E-state index contributed by atoms with van der Waals surface area (Å²) in [6, 6.07) is 18.0. The van der Waals surface area contributed by atoms with Gasteiger partial charge in [0.2, 0.25) is 0 Å². The van der Waals surface area contributed by atoms with Crippen LogP contribution in [-0.2, 0) is 0 Å². The molecular formula is C17H11ClN4O. The molecule has 0 amide bonds. The van der Waals surface area contributed by atoms with E-state index in [-0.39, 0.29) is 16.5 Å². The number of hydrogen-bond acceptors (Lipinski definition) is 4. The first-order valence-corrected chi connectivity index (χ1v) is 7.17. The SMILES string of the molecule is N#Cc1ccccc1Nc1nc(Cl)cn(-c2ccccc2)c1=O. The lowest BCUT2D eigenvalue weighted by Crippen LogP contribution is -2.22. The number of benzene rings is 2. The van der Waals surface area contributed by atoms with Gasteiger partial charge in [-0.2, -0.15) is 5.26 Å². The maximum absolute atomic E-state index is 12.6. The highest BCUT2D eigenvalue weighted by Crippen LogP contribution is 2.18. The lowest BCUT2D eigenvalue weighted by atomic mass is 10.2. The Bertz CT molecular complexity index is 945. The lowest BCUT2D eigenvalue weighted by molar-refractivity contribution is 0.961. The van der Waals surface area contributed by atoms with Crippen LogP contribution in [0.4, 0.5) is 11.5 Å². The minimum atomic E-state index is -0.353. The summed E-state index contributed by atoms with van der Waals surface area (Å²) in [4.78, 5) is 16.7. The molecule has 1 N–H and O–H groups in total. The van der Waals surface area contributed by atoms with Crippen molar-refractivity contribution >= 4 is 23.1 Å². The van der Waals surface area contributed by atoms with E-state index in [4.69, 9.17) is 16.9 Å². The van der Waals surface area contributed by atoms with Crippen LogP contribution in [0.1, 0.15) is 5.56 Å². The molecule has 0 aliphatic rings. The lowest BCUT2D eigenvalue weighted by Gasteiger charge is -2.11. The predicted molar refractivity (Wildman–Crippen MR) is 89.3 cm³/mol. The minimum absolute atomic E-state index is 0.0593. The Hall–Kier alpha value is -3.10. The van der Waals surface area contributed by atoms with Gasteiger partial charge in [0.15, 0.2) is 5.82 Å². The summed E-state index contributed by atoms with van der Waals surface area (Å²) in [7, 11) is 0. The quantitative estimate of drug-likeness (QED) is 0.801. The number of rotatable bonds is 3. The molecular weight excluding hydrogens is 312 g/mol. The number of nitrogens with one attached hydrogen (secondary N) is 1. The summed E-state index contributed by atoms with van der Waals surface area (Å²) >= 11 is 6.04. The molecule has 112 valence electrons. The Morgan fingerprint density at radius 3 is 2.52 bits per heavy atom. The van der Waals surface area contributed by atoms with Crippen molar-refractivity contribution in [2.45, 2.75) is 0 Å². The summed E-state index contributed by atoms with van der Waals surface area (Å²) in [5.74, 6) is 0.0593. The Morgan fingerprint density at radius 2 is 1.78 bits per heavy atom. The van der Waals surface area contributed by atoms with Crippen LogP contribution in [0.15, 0.2) is 65.6 Å². The minimum Gasteiger partial charge on any atom is -0.334 e. The second-order valence-corrected chi connectivity index (χ2v) is 5.09. The zero-order valence-electron chi connectivity index (χ0n) is 11.9. The number of hydrogen-bond donors (Lipinski definition) is 1. The Kier molecular flexibility index (Phi) is 4.09. The van der Waals surface area contributed by atoms with Crippen LogP contribution in [0.3, 0.4) is 0 Å². The van der Waals surface area contributed by atoms with Crippen LogP contribution < -0.4 is 10.9 Å². The summed E-state index contributed by atoms with van der Waals surface area (Å²) in [6.07, 6.45) is 1.46. The monoisotopic (exact) mass is 322 g/mol. The van der Waals surface area contributed by atoms with E-state index in [1.165, 1.54) is 10.8 Å². The molecule has 3 rings (SSSR count). The molecule has 0 saturated heterocycles. The maximum Gasteiger partial charge on any atom is 0.298 e. The van der Waals surface area contributed by atoms with E-state index >= 15 is 0 Å². The van der Waals surface area contributed by atoms with Gasteiger partial charge in [0.05, 0.1) is 17.4 Å². The second-order valence-electron chi connectivity index (χ2n) is 4.71. The highest BCUT2D eigenvalue weighted by molar-refractivity contribution is 6.29. The molecule has 6 heteroatoms. The van der Waals surface area contributed by atoms with Gasteiger partial charge in [0.1, 0.15) is 11.2 Å². The van der Waals surface area contributed by atoms with Crippen LogP contribution in [0.2, 0.25) is 5.15 Å². The van der Waals surface area contributed by atoms with E-state index in [1.807, 2.05) is 18.2 Å². The van der Waals surface area contributed by atoms with Crippen molar-refractivity contribution in [2.24, 2.45) is 0 Å². The van der Waals surface area contributed by atoms with E-state index < -0.39 is 0 Å². The topological polar surface area (TPSA) is 70.7 Å². The number of aromatic nitrogens is 2. The van der Waals surface area contributed by atoms with Gasteiger partial charge in [-0.15, -0.1) is 0 Å². The molecule has 23 heavy (non-hydrogen) atoms. The zero-order chi connectivity index (χ0) is 16.2. The van der Waals surface area contributed by atoms with E-state index in [0.29, 0.717) is 16.9 Å². The normalized spacial score (nSPS) is 10.1. The fourth-order valence-corrected chi connectivity index (χ4v) is 2.32. The van der Waals surface area contributed by atoms with Crippen LogP contribution >= 0.6 is 11.6 Å². The molecule has 0 fully saturated rings. The summed E-state index contributed by atoms with van der Waals surface area (Å²) in [5, 5.41) is 12.2. The van der Waals surface area contributed by atoms with Crippen LogP contribution in [0, 0.1) is 11.3 Å². The third kappa shape index (κ3) is 3.07. The smallest absolute Gasteiger partial charge is 0.298 e. The number of nitriles is 1. The molecule has 0 spiro atoms. The van der Waals surface area contributed by atoms with E-state index in [2.05, 4.69) is 16.4 Å². The van der Waals surface area contributed by atoms with Gasteiger partial charge in [0.25, 0.3) is 5.56 Å². The Balaban J connectivity index is 2.10. The van der Waals surface area contributed by atoms with Gasteiger partial charge in [-0.25, -0.2) is 4.98 Å². The largest absolute Gasteiger partial charge is 0.334 e. The van der Waals surface area contributed by atoms with Crippen LogP contribution in [0.25, 0.3) is 5.69 Å². The molecule has 3 aromatic rings. The first-order valence-electron chi connectivity index (χ1n) is 6.80. The first kappa shape index (κ1) is 14.8. The molecule has 0 aliphatic carbocycles. The van der Waals surface area contributed by atoms with Crippen molar-refractivity contribution in [1.82, 2.24) is 9.55 Å². The molecule has 0 radical (unpaired) electrons. The number of anilines is 2. The Morgan fingerprint density at radius 1 is 1.09 bits per heavy atom. The second kappa shape index (κ2) is 6.34. The standard InChI is InChI=1S/C17H11ClN4O/c18-15-11-22(13-7-2-1-3-8-13)17(23)16(21-15)20-14-9-5-4-6-12(14)10-19/h1-9,11H,(H,20,21). The molecule has 0 bridgehead atoms. The van der Waals surface area contributed by atoms with Gasteiger partial charge in [-0.1, -0.05) is 41.9 Å². The molecule has 1 aromatic heterocycles. The number of para-hydroxylation sites is 2. The predicted octanol–water partition coefficient (Wildman–Crippen LogP) is 3.50. The average molecular weight is 323 g/mol.